The number of aliphatic hydroxyl groups is 2. The van der Waals surface area contributed by atoms with Crippen LogP contribution in [0.2, 0.25) is 0 Å². The maximum atomic E-state index is 15.1. The van der Waals surface area contributed by atoms with Crippen molar-refractivity contribution in [2.45, 2.75) is 36.9 Å². The molecule has 3 heterocycles. The lowest BCUT2D eigenvalue weighted by atomic mass is 9.79. The van der Waals surface area contributed by atoms with Crippen molar-refractivity contribution in [1.29, 1.82) is 0 Å². The third kappa shape index (κ3) is 3.07. The van der Waals surface area contributed by atoms with Crippen molar-refractivity contribution in [2.24, 2.45) is 5.10 Å². The molecule has 0 saturated carbocycles. The van der Waals surface area contributed by atoms with Crippen LogP contribution >= 0.6 is 0 Å². The van der Waals surface area contributed by atoms with Crippen LogP contribution < -0.4 is 0 Å². The first-order valence-corrected chi connectivity index (χ1v) is 10.3. The van der Waals surface area contributed by atoms with Gasteiger partial charge in [0.05, 0.1) is 18.3 Å². The molecule has 4 atom stereocenters. The summed E-state index contributed by atoms with van der Waals surface area (Å²) in [7, 11) is 0. The van der Waals surface area contributed by atoms with Gasteiger partial charge in [0.25, 0.3) is 5.91 Å². The van der Waals surface area contributed by atoms with Gasteiger partial charge in [-0.15, -0.1) is 0 Å². The van der Waals surface area contributed by atoms with Gasteiger partial charge in [-0.1, -0.05) is 24.3 Å². The fourth-order valence-corrected chi connectivity index (χ4v) is 5.01. The summed E-state index contributed by atoms with van der Waals surface area (Å²) in [6.07, 6.45) is 0.921. The van der Waals surface area contributed by atoms with E-state index in [-0.39, 0.29) is 11.3 Å². The summed E-state index contributed by atoms with van der Waals surface area (Å²) in [6.45, 7) is 0.423. The highest BCUT2D eigenvalue weighted by Gasteiger charge is 2.52. The van der Waals surface area contributed by atoms with Crippen molar-refractivity contribution >= 4 is 12.1 Å². The summed E-state index contributed by atoms with van der Waals surface area (Å²) < 4.78 is 43.0. The number of nitrogens with zero attached hydrogens (tertiary/aromatic N) is 3. The fourth-order valence-electron chi connectivity index (χ4n) is 5.01. The highest BCUT2D eigenvalue weighted by Crippen LogP contribution is 2.44. The van der Waals surface area contributed by atoms with Crippen molar-refractivity contribution < 1.29 is 28.2 Å². The van der Waals surface area contributed by atoms with E-state index < -0.39 is 53.2 Å². The minimum atomic E-state index is -1.44. The molecule has 1 amide bonds. The van der Waals surface area contributed by atoms with Gasteiger partial charge in [0.15, 0.2) is 23.1 Å². The minimum Gasteiger partial charge on any atom is -0.507 e. The highest BCUT2D eigenvalue weighted by molar-refractivity contribution is 5.96. The average molecular weight is 443 g/mol. The Morgan fingerprint density at radius 2 is 1.84 bits per heavy atom. The second-order valence-corrected chi connectivity index (χ2v) is 8.16. The first-order chi connectivity index (χ1) is 15.4. The van der Waals surface area contributed by atoms with E-state index in [2.05, 4.69) is 5.10 Å². The number of aliphatic hydroxyl groups excluding tert-OH is 2. The fraction of sp³-hybridized carbons (Fsp3) is 0.304. The number of hydrazone groups is 1. The Balaban J connectivity index is 1.74. The molecule has 5 rings (SSSR count). The van der Waals surface area contributed by atoms with Gasteiger partial charge in [-0.25, -0.2) is 13.2 Å². The molecule has 0 bridgehead atoms. The predicted molar refractivity (Wildman–Crippen MR) is 109 cm³/mol. The molecule has 2 aromatic carbocycles. The summed E-state index contributed by atoms with van der Waals surface area (Å²) in [5.74, 6) is -4.42. The summed E-state index contributed by atoms with van der Waals surface area (Å²) in [6, 6.07) is 8.17. The van der Waals surface area contributed by atoms with E-state index in [1.54, 1.807) is 4.90 Å². The number of halogens is 3. The summed E-state index contributed by atoms with van der Waals surface area (Å²) in [5, 5.41) is 26.1. The molecule has 2 N–H and O–H groups in total. The zero-order valence-corrected chi connectivity index (χ0v) is 16.8. The van der Waals surface area contributed by atoms with Crippen LogP contribution in [0.25, 0.3) is 0 Å². The van der Waals surface area contributed by atoms with Crippen LogP contribution in [-0.2, 0) is 4.79 Å². The van der Waals surface area contributed by atoms with Gasteiger partial charge in [-0.05, 0) is 36.6 Å². The SMILES string of the molecule is O=C1C2=C(O)C(O)C=NN2[C@@H]([C@@H](c2ccc(F)cc2)c2cccc(F)c2F)[C@H]2CCCN12. The number of benzene rings is 2. The van der Waals surface area contributed by atoms with E-state index in [9.17, 15) is 23.8 Å². The second-order valence-electron chi connectivity index (χ2n) is 8.16. The summed E-state index contributed by atoms with van der Waals surface area (Å²) in [4.78, 5) is 14.7. The Morgan fingerprint density at radius 1 is 1.09 bits per heavy atom. The number of carbonyl (C=O) groups excluding carboxylic acids is 1. The van der Waals surface area contributed by atoms with Crippen molar-refractivity contribution in [1.82, 2.24) is 9.91 Å². The lowest BCUT2D eigenvalue weighted by Crippen LogP contribution is -2.60. The standard InChI is InChI=1S/C23H20F3N3O3/c24-13-8-6-12(7-9-13)18(14-3-1-4-15(25)19(14)26)20-16-5-2-10-28(16)23(32)21-22(31)17(30)11-27-29(20)21/h1,3-4,6-9,11,16-18,20,30-31H,2,5,10H2/t16-,17?,18+,20-/m1/s1. The van der Waals surface area contributed by atoms with Crippen LogP contribution in [0, 0.1) is 17.5 Å². The molecule has 9 heteroatoms. The van der Waals surface area contributed by atoms with Crippen LogP contribution in [0.3, 0.4) is 0 Å². The lowest BCUT2D eigenvalue weighted by Gasteiger charge is -2.48. The van der Waals surface area contributed by atoms with Gasteiger partial charge in [0.1, 0.15) is 11.9 Å². The number of amides is 1. The van der Waals surface area contributed by atoms with Gasteiger partial charge >= 0.3 is 0 Å². The highest BCUT2D eigenvalue weighted by atomic mass is 19.2. The van der Waals surface area contributed by atoms with Crippen molar-refractivity contribution in [3.05, 3.63) is 82.5 Å². The van der Waals surface area contributed by atoms with Crippen LogP contribution in [0.15, 0.2) is 59.0 Å². The summed E-state index contributed by atoms with van der Waals surface area (Å²) in [5.41, 5.74) is 0.345. The molecule has 2 saturated heterocycles. The topological polar surface area (TPSA) is 76.4 Å². The van der Waals surface area contributed by atoms with E-state index in [1.165, 1.54) is 41.4 Å². The largest absolute Gasteiger partial charge is 0.507 e. The van der Waals surface area contributed by atoms with Crippen LogP contribution in [0.5, 0.6) is 0 Å². The molecule has 3 aliphatic heterocycles. The van der Waals surface area contributed by atoms with Crippen molar-refractivity contribution in [2.75, 3.05) is 6.54 Å². The first kappa shape index (κ1) is 20.6. The average Bonchev–Trinajstić information content (AvgIpc) is 3.27. The first-order valence-electron chi connectivity index (χ1n) is 10.3. The molecular weight excluding hydrogens is 423 g/mol. The van der Waals surface area contributed by atoms with Gasteiger partial charge < -0.3 is 15.1 Å². The molecule has 3 aliphatic rings. The van der Waals surface area contributed by atoms with Crippen LogP contribution in [-0.4, -0.2) is 57.0 Å². The maximum absolute atomic E-state index is 15.1. The van der Waals surface area contributed by atoms with E-state index in [0.29, 0.717) is 24.9 Å². The molecule has 2 fully saturated rings. The van der Waals surface area contributed by atoms with Gasteiger partial charge in [0, 0.05) is 18.0 Å². The Labute approximate surface area is 181 Å². The van der Waals surface area contributed by atoms with E-state index in [0.717, 1.165) is 12.3 Å². The second kappa shape index (κ2) is 7.67. The van der Waals surface area contributed by atoms with E-state index in [4.69, 9.17) is 0 Å². The third-order valence-electron chi connectivity index (χ3n) is 6.41. The Morgan fingerprint density at radius 3 is 2.59 bits per heavy atom. The normalized spacial score (nSPS) is 25.8. The van der Waals surface area contributed by atoms with E-state index >= 15 is 4.39 Å². The number of rotatable bonds is 3. The molecule has 0 spiro atoms. The molecule has 6 nitrogen and oxygen atoms in total. The van der Waals surface area contributed by atoms with Gasteiger partial charge in [0.2, 0.25) is 0 Å². The minimum absolute atomic E-state index is 0.0305. The Kier molecular flexibility index (Phi) is 4.93. The summed E-state index contributed by atoms with van der Waals surface area (Å²) >= 11 is 0. The predicted octanol–water partition coefficient (Wildman–Crippen LogP) is 3.04. The molecule has 0 aliphatic carbocycles. The molecule has 2 aromatic rings. The quantitative estimate of drug-likeness (QED) is 0.765. The molecule has 0 aromatic heterocycles. The third-order valence-corrected chi connectivity index (χ3v) is 6.41. The molecular formula is C23H20F3N3O3. The van der Waals surface area contributed by atoms with Crippen LogP contribution in [0.4, 0.5) is 13.2 Å². The Hall–Kier alpha value is -3.33. The molecule has 166 valence electrons. The number of carbonyl (C=O) groups is 1. The number of fused-ring (bicyclic) bond motifs is 2. The Bertz CT molecular complexity index is 1140. The van der Waals surface area contributed by atoms with Crippen molar-refractivity contribution in [3.63, 3.8) is 0 Å². The van der Waals surface area contributed by atoms with Crippen LogP contribution in [0.1, 0.15) is 29.9 Å². The molecule has 1 unspecified atom stereocenters. The zero-order chi connectivity index (χ0) is 22.6. The van der Waals surface area contributed by atoms with Crippen molar-refractivity contribution in [3.8, 4) is 0 Å². The smallest absolute Gasteiger partial charge is 0.276 e. The number of hydrogen-bond acceptors (Lipinski definition) is 5. The molecule has 0 radical (unpaired) electrons. The van der Waals surface area contributed by atoms with Gasteiger partial charge in [-0.3, -0.25) is 9.80 Å². The molecule has 32 heavy (non-hydrogen) atoms. The van der Waals surface area contributed by atoms with E-state index in [1.807, 2.05) is 0 Å². The zero-order valence-electron chi connectivity index (χ0n) is 16.8. The maximum Gasteiger partial charge on any atom is 0.276 e. The number of hydrogen-bond donors (Lipinski definition) is 2. The lowest BCUT2D eigenvalue weighted by molar-refractivity contribution is -0.136. The monoisotopic (exact) mass is 443 g/mol. The van der Waals surface area contributed by atoms with Gasteiger partial charge in [-0.2, -0.15) is 5.10 Å². The number of piperazine rings is 1.